The van der Waals surface area contributed by atoms with Crippen molar-refractivity contribution >= 4 is 32.3 Å². The molecular weight excluding hydrogens is 466 g/mol. The summed E-state index contributed by atoms with van der Waals surface area (Å²) in [7, 11) is 0. The van der Waals surface area contributed by atoms with E-state index in [0.29, 0.717) is 17.3 Å². The first-order valence-corrected chi connectivity index (χ1v) is 12.2. The van der Waals surface area contributed by atoms with Crippen LogP contribution in [-0.2, 0) is 13.1 Å². The highest BCUT2D eigenvalue weighted by Crippen LogP contribution is 2.45. The predicted octanol–water partition coefficient (Wildman–Crippen LogP) is 4.62. The fraction of sp³-hybridized carbons (Fsp3) is 0.400. The number of rotatable bonds is 4. The van der Waals surface area contributed by atoms with Crippen molar-refractivity contribution < 1.29 is 0 Å². The number of hydrogen-bond donors (Lipinski definition) is 0. The lowest BCUT2D eigenvalue weighted by Crippen LogP contribution is -2.24. The first kappa shape index (κ1) is 20.1. The van der Waals surface area contributed by atoms with Crippen LogP contribution < -0.4 is 5.56 Å². The second-order valence-corrected chi connectivity index (χ2v) is 10.4. The number of hydrogen-bond acceptors (Lipinski definition) is 4. The Bertz CT molecular complexity index is 1370. The van der Waals surface area contributed by atoms with Crippen molar-refractivity contribution in [3.8, 4) is 0 Å². The van der Waals surface area contributed by atoms with Crippen LogP contribution in [0, 0.1) is 5.41 Å². The Balaban J connectivity index is 1.22. The Morgan fingerprint density at radius 1 is 1.00 bits per heavy atom. The van der Waals surface area contributed by atoms with Crippen LogP contribution >= 0.6 is 15.9 Å². The monoisotopic (exact) mass is 491 g/mol. The molecule has 6 rings (SSSR count). The van der Waals surface area contributed by atoms with E-state index in [4.69, 9.17) is 4.98 Å². The van der Waals surface area contributed by atoms with Crippen LogP contribution in [0.1, 0.15) is 43.4 Å². The van der Waals surface area contributed by atoms with Gasteiger partial charge in [0.15, 0.2) is 0 Å². The minimum atomic E-state index is -0.0519. The SMILES string of the molecule is O=c1c2cncc(Br)c2ccn1Cc1cn2cc(CN3CCC4(CCCC4)C3)ccc2n1. The van der Waals surface area contributed by atoms with Crippen molar-refractivity contribution in [3.05, 3.63) is 75.3 Å². The summed E-state index contributed by atoms with van der Waals surface area (Å²) >= 11 is 3.47. The van der Waals surface area contributed by atoms with Gasteiger partial charge in [-0.05, 0) is 64.8 Å². The van der Waals surface area contributed by atoms with Gasteiger partial charge in [0.1, 0.15) is 5.65 Å². The number of aromatic nitrogens is 4. The molecule has 1 saturated carbocycles. The molecule has 4 aromatic rings. The minimum absolute atomic E-state index is 0.0519. The summed E-state index contributed by atoms with van der Waals surface area (Å²) in [4.78, 5) is 24.4. The highest BCUT2D eigenvalue weighted by molar-refractivity contribution is 9.10. The summed E-state index contributed by atoms with van der Waals surface area (Å²) in [6.45, 7) is 3.89. The molecular formula is C25H26BrN5O. The summed E-state index contributed by atoms with van der Waals surface area (Å²) in [5, 5.41) is 1.49. The topological polar surface area (TPSA) is 55.4 Å². The molecule has 0 unspecified atom stereocenters. The second-order valence-electron chi connectivity index (χ2n) is 9.53. The third-order valence-electron chi connectivity index (χ3n) is 7.33. The molecule has 164 valence electrons. The quantitative estimate of drug-likeness (QED) is 0.417. The number of imidazole rings is 1. The van der Waals surface area contributed by atoms with Gasteiger partial charge in [0.2, 0.25) is 0 Å². The fourth-order valence-corrected chi connectivity index (χ4v) is 6.15. The van der Waals surface area contributed by atoms with E-state index in [-0.39, 0.29) is 5.56 Å². The molecule has 5 heterocycles. The fourth-order valence-electron chi connectivity index (χ4n) is 5.68. The molecule has 0 N–H and O–H groups in total. The van der Waals surface area contributed by atoms with Crippen LogP contribution in [0.2, 0.25) is 0 Å². The lowest BCUT2D eigenvalue weighted by Gasteiger charge is -2.23. The van der Waals surface area contributed by atoms with Crippen LogP contribution in [0.3, 0.4) is 0 Å². The molecule has 2 aliphatic rings. The summed E-state index contributed by atoms with van der Waals surface area (Å²) in [5.74, 6) is 0. The molecule has 7 heteroatoms. The van der Waals surface area contributed by atoms with Gasteiger partial charge in [-0.25, -0.2) is 4.98 Å². The molecule has 1 saturated heterocycles. The number of fused-ring (bicyclic) bond motifs is 2. The molecule has 0 radical (unpaired) electrons. The zero-order chi connectivity index (χ0) is 21.7. The van der Waals surface area contributed by atoms with Crippen molar-refractivity contribution in [1.82, 2.24) is 23.8 Å². The highest BCUT2D eigenvalue weighted by atomic mass is 79.9. The molecule has 0 amide bonds. The molecule has 1 spiro atoms. The lowest BCUT2D eigenvalue weighted by molar-refractivity contribution is 0.256. The summed E-state index contributed by atoms with van der Waals surface area (Å²) in [5.41, 5.74) is 3.65. The third kappa shape index (κ3) is 3.57. The van der Waals surface area contributed by atoms with Gasteiger partial charge in [-0.2, -0.15) is 0 Å². The molecule has 0 aromatic carbocycles. The predicted molar refractivity (Wildman–Crippen MR) is 129 cm³/mol. The average Bonchev–Trinajstić information content (AvgIpc) is 3.51. The van der Waals surface area contributed by atoms with Crippen molar-refractivity contribution in [1.29, 1.82) is 0 Å². The van der Waals surface area contributed by atoms with Crippen LogP contribution in [-0.4, -0.2) is 36.9 Å². The van der Waals surface area contributed by atoms with Crippen molar-refractivity contribution in [2.45, 2.75) is 45.2 Å². The zero-order valence-corrected chi connectivity index (χ0v) is 19.6. The van der Waals surface area contributed by atoms with Gasteiger partial charge in [-0.15, -0.1) is 0 Å². The van der Waals surface area contributed by atoms with E-state index in [0.717, 1.165) is 27.7 Å². The Labute approximate surface area is 195 Å². The molecule has 2 fully saturated rings. The van der Waals surface area contributed by atoms with Gasteiger partial charge in [-0.1, -0.05) is 18.9 Å². The number of halogens is 1. The van der Waals surface area contributed by atoms with Crippen LogP contribution in [0.4, 0.5) is 0 Å². The molecule has 1 aliphatic heterocycles. The maximum atomic E-state index is 12.9. The third-order valence-corrected chi connectivity index (χ3v) is 7.97. The molecule has 0 bridgehead atoms. The van der Waals surface area contributed by atoms with Crippen LogP contribution in [0.5, 0.6) is 0 Å². The number of pyridine rings is 3. The Kier molecular flexibility index (Phi) is 4.91. The zero-order valence-electron chi connectivity index (χ0n) is 18.0. The summed E-state index contributed by atoms with van der Waals surface area (Å²) < 4.78 is 4.62. The van der Waals surface area contributed by atoms with Gasteiger partial charge in [0.25, 0.3) is 5.56 Å². The smallest absolute Gasteiger partial charge is 0.260 e. The first-order valence-electron chi connectivity index (χ1n) is 11.4. The van der Waals surface area contributed by atoms with Crippen molar-refractivity contribution in [2.24, 2.45) is 5.41 Å². The minimum Gasteiger partial charge on any atom is -0.309 e. The van der Waals surface area contributed by atoms with Crippen molar-refractivity contribution in [2.75, 3.05) is 13.1 Å². The van der Waals surface area contributed by atoms with E-state index in [1.807, 2.05) is 18.5 Å². The van der Waals surface area contributed by atoms with Gasteiger partial charge < -0.3 is 8.97 Å². The van der Waals surface area contributed by atoms with Crippen LogP contribution in [0.25, 0.3) is 16.4 Å². The Hall–Kier alpha value is -2.51. The molecule has 0 atom stereocenters. The lowest BCUT2D eigenvalue weighted by atomic mass is 9.86. The highest BCUT2D eigenvalue weighted by Gasteiger charge is 2.39. The molecule has 32 heavy (non-hydrogen) atoms. The summed E-state index contributed by atoms with van der Waals surface area (Å²) in [6.07, 6.45) is 16.4. The standard InChI is InChI=1S/C25H26BrN5O/c26-22-12-27-11-21-20(22)5-9-30(24(21)32)15-19-16-31-14-18(3-4-23(31)28-19)13-29-10-8-25(17-29)6-1-2-7-25/h3-5,9,11-12,14,16H,1-2,6-8,10,13,15,17H2. The Morgan fingerprint density at radius 2 is 1.88 bits per heavy atom. The second kappa shape index (κ2) is 7.81. The first-order chi connectivity index (χ1) is 15.6. The largest absolute Gasteiger partial charge is 0.309 e. The molecule has 6 nitrogen and oxygen atoms in total. The van der Waals surface area contributed by atoms with E-state index in [1.165, 1.54) is 50.8 Å². The van der Waals surface area contributed by atoms with E-state index < -0.39 is 0 Å². The number of nitrogens with zero attached hydrogens (tertiary/aromatic N) is 5. The maximum absolute atomic E-state index is 12.9. The van der Waals surface area contributed by atoms with Gasteiger partial charge in [-0.3, -0.25) is 14.7 Å². The van der Waals surface area contributed by atoms with E-state index in [2.05, 4.69) is 48.5 Å². The maximum Gasteiger partial charge on any atom is 0.260 e. The average molecular weight is 492 g/mol. The van der Waals surface area contributed by atoms with E-state index in [1.54, 1.807) is 17.0 Å². The molecule has 4 aromatic heterocycles. The van der Waals surface area contributed by atoms with Gasteiger partial charge in [0.05, 0.1) is 17.6 Å². The Morgan fingerprint density at radius 3 is 2.75 bits per heavy atom. The van der Waals surface area contributed by atoms with Crippen molar-refractivity contribution in [3.63, 3.8) is 0 Å². The number of likely N-dealkylation sites (tertiary alicyclic amines) is 1. The van der Waals surface area contributed by atoms with Gasteiger partial charge >= 0.3 is 0 Å². The van der Waals surface area contributed by atoms with E-state index in [9.17, 15) is 4.79 Å². The summed E-state index contributed by atoms with van der Waals surface area (Å²) in [6, 6.07) is 6.23. The normalized spacial score (nSPS) is 18.4. The molecule has 1 aliphatic carbocycles. The van der Waals surface area contributed by atoms with Gasteiger partial charge in [0, 0.05) is 53.9 Å². The van der Waals surface area contributed by atoms with Crippen LogP contribution in [0.15, 0.2) is 58.5 Å². The van der Waals surface area contributed by atoms with E-state index >= 15 is 0 Å².